The van der Waals surface area contributed by atoms with Crippen LogP contribution in [0, 0.1) is 0 Å². The van der Waals surface area contributed by atoms with E-state index >= 15 is 0 Å². The Morgan fingerprint density at radius 1 is 1.37 bits per heavy atom. The van der Waals surface area contributed by atoms with Gasteiger partial charge >= 0.3 is 0 Å². The minimum absolute atomic E-state index is 0.163. The molecule has 0 aliphatic carbocycles. The Balaban J connectivity index is 2.16. The van der Waals surface area contributed by atoms with E-state index < -0.39 is 15.9 Å². The van der Waals surface area contributed by atoms with E-state index in [9.17, 15) is 13.2 Å². The molecule has 0 bridgehead atoms. The zero-order valence-corrected chi connectivity index (χ0v) is 12.3. The van der Waals surface area contributed by atoms with Crippen LogP contribution < -0.4 is 5.73 Å². The van der Waals surface area contributed by atoms with Crippen LogP contribution in [0.5, 0.6) is 0 Å². The van der Waals surface area contributed by atoms with E-state index in [1.54, 1.807) is 0 Å². The number of rotatable bonds is 4. The third kappa shape index (κ3) is 2.97. The number of nitrogens with zero attached hydrogens (tertiary/aromatic N) is 2. The first-order valence-electron chi connectivity index (χ1n) is 6.06. The lowest BCUT2D eigenvalue weighted by Crippen LogP contribution is -2.48. The second kappa shape index (κ2) is 5.58. The number of carbonyl (C=O) groups is 1. The van der Waals surface area contributed by atoms with Crippen molar-refractivity contribution in [2.45, 2.75) is 11.8 Å². The molecule has 8 heteroatoms. The van der Waals surface area contributed by atoms with Gasteiger partial charge in [0, 0.05) is 31.6 Å². The molecule has 0 saturated carbocycles. The number of sulfonamides is 1. The van der Waals surface area contributed by atoms with E-state index in [1.165, 1.54) is 15.8 Å². The van der Waals surface area contributed by atoms with Crippen molar-refractivity contribution < 1.29 is 13.2 Å². The largest absolute Gasteiger partial charge is 0.365 e. The fourth-order valence-corrected chi connectivity index (χ4v) is 4.56. The topological polar surface area (TPSA) is 83.7 Å². The van der Waals surface area contributed by atoms with Crippen molar-refractivity contribution in [2.75, 3.05) is 32.7 Å². The molecule has 2 heterocycles. The summed E-state index contributed by atoms with van der Waals surface area (Å²) in [6.45, 7) is 5.43. The van der Waals surface area contributed by atoms with Crippen molar-refractivity contribution in [1.82, 2.24) is 9.21 Å². The van der Waals surface area contributed by atoms with E-state index in [1.807, 2.05) is 0 Å². The average Bonchev–Trinajstić information content (AvgIpc) is 2.89. The highest BCUT2D eigenvalue weighted by Gasteiger charge is 2.29. The fraction of sp³-hybridized carbons (Fsp3) is 0.545. The molecule has 1 amide bonds. The third-order valence-electron chi connectivity index (χ3n) is 3.23. The van der Waals surface area contributed by atoms with E-state index in [0.29, 0.717) is 13.1 Å². The van der Waals surface area contributed by atoms with E-state index in [4.69, 9.17) is 5.73 Å². The zero-order valence-electron chi connectivity index (χ0n) is 10.7. The molecule has 19 heavy (non-hydrogen) atoms. The second-order valence-electron chi connectivity index (χ2n) is 4.35. The van der Waals surface area contributed by atoms with Crippen LogP contribution >= 0.6 is 11.3 Å². The molecule has 1 fully saturated rings. The highest BCUT2D eigenvalue weighted by Crippen LogP contribution is 2.23. The van der Waals surface area contributed by atoms with E-state index in [2.05, 4.69) is 11.8 Å². The Morgan fingerprint density at radius 3 is 2.47 bits per heavy atom. The number of amides is 1. The van der Waals surface area contributed by atoms with Crippen molar-refractivity contribution in [3.05, 3.63) is 16.3 Å². The van der Waals surface area contributed by atoms with Gasteiger partial charge in [-0.1, -0.05) is 6.92 Å². The summed E-state index contributed by atoms with van der Waals surface area (Å²) in [6, 6.07) is 1.36. The molecule has 106 valence electrons. The Morgan fingerprint density at radius 2 is 2.00 bits per heavy atom. The van der Waals surface area contributed by atoms with Crippen molar-refractivity contribution in [3.8, 4) is 0 Å². The van der Waals surface area contributed by atoms with Gasteiger partial charge in [0.15, 0.2) is 0 Å². The van der Waals surface area contributed by atoms with Gasteiger partial charge < -0.3 is 10.6 Å². The van der Waals surface area contributed by atoms with Crippen molar-refractivity contribution in [3.63, 3.8) is 0 Å². The number of hydrogen-bond donors (Lipinski definition) is 1. The first-order chi connectivity index (χ1) is 8.95. The maximum Gasteiger partial charge on any atom is 0.258 e. The quantitative estimate of drug-likeness (QED) is 0.859. The highest BCUT2D eigenvalue weighted by atomic mass is 32.2. The van der Waals surface area contributed by atoms with Gasteiger partial charge in [-0.25, -0.2) is 8.42 Å². The van der Waals surface area contributed by atoms with Crippen LogP contribution in [0.3, 0.4) is 0 Å². The summed E-state index contributed by atoms with van der Waals surface area (Å²) >= 11 is 1.06. The average molecular weight is 303 g/mol. The van der Waals surface area contributed by atoms with Gasteiger partial charge in [0.25, 0.3) is 5.91 Å². The molecule has 2 N–H and O–H groups in total. The van der Waals surface area contributed by atoms with Gasteiger partial charge in [-0.15, -0.1) is 11.3 Å². The minimum atomic E-state index is -3.50. The van der Waals surface area contributed by atoms with Crippen LogP contribution in [0.2, 0.25) is 0 Å². The highest BCUT2D eigenvalue weighted by molar-refractivity contribution is 7.89. The van der Waals surface area contributed by atoms with Crippen LogP contribution in [-0.4, -0.2) is 56.3 Å². The van der Waals surface area contributed by atoms with E-state index in [0.717, 1.165) is 31.0 Å². The van der Waals surface area contributed by atoms with Crippen LogP contribution in [0.15, 0.2) is 16.3 Å². The van der Waals surface area contributed by atoms with Crippen molar-refractivity contribution in [1.29, 1.82) is 0 Å². The molecule has 1 saturated heterocycles. The normalized spacial score (nSPS) is 18.6. The predicted octanol–water partition coefficient (Wildman–Crippen LogP) is 0.173. The lowest BCUT2D eigenvalue weighted by atomic mass is 10.4. The number of carbonyl (C=O) groups excluding carboxylic acids is 1. The summed E-state index contributed by atoms with van der Waals surface area (Å²) in [7, 11) is -3.50. The summed E-state index contributed by atoms with van der Waals surface area (Å²) in [5.74, 6) is -0.595. The van der Waals surface area contributed by atoms with E-state index in [-0.39, 0.29) is 9.77 Å². The molecule has 2 rings (SSSR count). The standard InChI is InChI=1S/C11H17N3O3S2/c1-2-13-3-5-14(6-4-13)19(16,17)9-7-10(11(12)15)18-8-9/h7-8H,2-6H2,1H3,(H2,12,15). The number of nitrogens with two attached hydrogens (primary N) is 1. The molecule has 0 radical (unpaired) electrons. The summed E-state index contributed by atoms with van der Waals surface area (Å²) in [4.78, 5) is 13.7. The van der Waals surface area contributed by atoms with Crippen molar-refractivity contribution >= 4 is 27.3 Å². The van der Waals surface area contributed by atoms with Gasteiger partial charge in [0.2, 0.25) is 10.0 Å². The maximum atomic E-state index is 12.4. The maximum absolute atomic E-state index is 12.4. The number of thiophene rings is 1. The summed E-state index contributed by atoms with van der Waals surface area (Å²) < 4.78 is 26.2. The lowest BCUT2D eigenvalue weighted by Gasteiger charge is -2.32. The molecular weight excluding hydrogens is 286 g/mol. The van der Waals surface area contributed by atoms with Gasteiger partial charge in [0.1, 0.15) is 0 Å². The number of primary amides is 1. The number of piperazine rings is 1. The monoisotopic (exact) mass is 303 g/mol. The van der Waals surface area contributed by atoms with Gasteiger partial charge in [-0.05, 0) is 12.6 Å². The zero-order chi connectivity index (χ0) is 14.0. The first-order valence-corrected chi connectivity index (χ1v) is 8.38. The van der Waals surface area contributed by atoms with Crippen LogP contribution in [0.4, 0.5) is 0 Å². The molecule has 6 nitrogen and oxygen atoms in total. The summed E-state index contributed by atoms with van der Waals surface area (Å²) in [5.41, 5.74) is 5.14. The summed E-state index contributed by atoms with van der Waals surface area (Å²) in [6.07, 6.45) is 0. The molecule has 0 atom stereocenters. The SMILES string of the molecule is CCN1CCN(S(=O)(=O)c2csc(C(N)=O)c2)CC1. The molecule has 1 aliphatic rings. The molecular formula is C11H17N3O3S2. The Labute approximate surface area is 116 Å². The van der Waals surface area contributed by atoms with Gasteiger partial charge in [-0.3, -0.25) is 4.79 Å². The molecule has 0 unspecified atom stereocenters. The second-order valence-corrected chi connectivity index (χ2v) is 7.20. The number of likely N-dealkylation sites (N-methyl/N-ethyl adjacent to an activating group) is 1. The Bertz CT molecular complexity index is 559. The lowest BCUT2D eigenvalue weighted by molar-refractivity contribution is 0.100. The van der Waals surface area contributed by atoms with Gasteiger partial charge in [0.05, 0.1) is 9.77 Å². The molecule has 0 aromatic carbocycles. The van der Waals surface area contributed by atoms with Gasteiger partial charge in [-0.2, -0.15) is 4.31 Å². The predicted molar refractivity (Wildman–Crippen MR) is 73.7 cm³/mol. The Kier molecular flexibility index (Phi) is 4.24. The molecule has 0 spiro atoms. The smallest absolute Gasteiger partial charge is 0.258 e. The van der Waals surface area contributed by atoms with Crippen LogP contribution in [-0.2, 0) is 10.0 Å². The molecule has 1 aromatic heterocycles. The van der Waals surface area contributed by atoms with Crippen LogP contribution in [0.1, 0.15) is 16.6 Å². The first kappa shape index (κ1) is 14.4. The third-order valence-corrected chi connectivity index (χ3v) is 6.20. The minimum Gasteiger partial charge on any atom is -0.365 e. The Hall–Kier alpha value is -0.960. The summed E-state index contributed by atoms with van der Waals surface area (Å²) in [5, 5.41) is 1.47. The fourth-order valence-electron chi connectivity index (χ4n) is 2.02. The molecule has 1 aliphatic heterocycles. The molecule has 1 aromatic rings. The van der Waals surface area contributed by atoms with Crippen molar-refractivity contribution in [2.24, 2.45) is 5.73 Å². The van der Waals surface area contributed by atoms with Crippen LogP contribution in [0.25, 0.3) is 0 Å². The number of hydrogen-bond acceptors (Lipinski definition) is 5.